The largest absolute Gasteiger partial charge is 0.302 e. The maximum atomic E-state index is 4.98. The fraction of sp³-hybridized carbons (Fsp3) is 0.679. The highest BCUT2D eigenvalue weighted by atomic mass is 15.2. The molecule has 2 aromatic rings. The minimum Gasteiger partial charge on any atom is -0.302 e. The van der Waals surface area contributed by atoms with Crippen molar-refractivity contribution in [1.29, 1.82) is 0 Å². The van der Waals surface area contributed by atoms with Gasteiger partial charge in [-0.25, -0.2) is 0 Å². The van der Waals surface area contributed by atoms with Gasteiger partial charge in [0.05, 0.1) is 5.52 Å². The van der Waals surface area contributed by atoms with E-state index in [4.69, 9.17) is 4.98 Å². The fourth-order valence-corrected chi connectivity index (χ4v) is 6.30. The summed E-state index contributed by atoms with van der Waals surface area (Å²) in [6.45, 7) is 6.27. The van der Waals surface area contributed by atoms with E-state index in [1.165, 1.54) is 120 Å². The molecule has 3 aliphatic rings. The van der Waals surface area contributed by atoms with Gasteiger partial charge in [-0.05, 0) is 80.5 Å². The van der Waals surface area contributed by atoms with Crippen molar-refractivity contribution in [2.24, 2.45) is 11.3 Å². The zero-order valence-electron chi connectivity index (χ0n) is 19.1. The van der Waals surface area contributed by atoms with Gasteiger partial charge in [0.15, 0.2) is 0 Å². The van der Waals surface area contributed by atoms with E-state index in [0.29, 0.717) is 0 Å². The number of benzene rings is 1. The predicted octanol–water partition coefficient (Wildman–Crippen LogP) is 6.86. The highest BCUT2D eigenvalue weighted by Crippen LogP contribution is 2.48. The standard InChI is InChI=1S/C28H40N2/c1-22-24(13-4-2-3-10-23-11-7-12-23)25(26-14-5-6-16-27(26)29-22)15-8-19-30-20-28(21-30)17-9-18-28/h5-6,14,16,23H,2-4,7-13,15,17-21H2,1H3. The summed E-state index contributed by atoms with van der Waals surface area (Å²) in [6.07, 6.45) is 18.3. The molecule has 0 atom stereocenters. The van der Waals surface area contributed by atoms with Crippen LogP contribution in [0.3, 0.4) is 0 Å². The summed E-state index contributed by atoms with van der Waals surface area (Å²) < 4.78 is 0. The van der Waals surface area contributed by atoms with E-state index >= 15 is 0 Å². The van der Waals surface area contributed by atoms with Crippen LogP contribution in [0.2, 0.25) is 0 Å². The lowest BCUT2D eigenvalue weighted by Crippen LogP contribution is -2.59. The summed E-state index contributed by atoms with van der Waals surface area (Å²) in [4.78, 5) is 7.69. The lowest BCUT2D eigenvalue weighted by atomic mass is 9.63. The number of unbranched alkanes of at least 4 members (excludes halogenated alkanes) is 2. The fourth-order valence-electron chi connectivity index (χ4n) is 6.30. The predicted molar refractivity (Wildman–Crippen MR) is 127 cm³/mol. The van der Waals surface area contributed by atoms with E-state index in [2.05, 4.69) is 36.1 Å². The van der Waals surface area contributed by atoms with Gasteiger partial charge >= 0.3 is 0 Å². The Balaban J connectivity index is 1.20. The summed E-state index contributed by atoms with van der Waals surface area (Å²) in [5.41, 5.74) is 6.40. The maximum Gasteiger partial charge on any atom is 0.0708 e. The van der Waals surface area contributed by atoms with Crippen LogP contribution >= 0.6 is 0 Å². The first-order chi connectivity index (χ1) is 14.7. The maximum absolute atomic E-state index is 4.98. The Kier molecular flexibility index (Phi) is 6.14. The summed E-state index contributed by atoms with van der Waals surface area (Å²) in [6, 6.07) is 8.84. The number of nitrogens with zero attached hydrogens (tertiary/aromatic N) is 2. The molecule has 1 saturated heterocycles. The first-order valence-corrected chi connectivity index (χ1v) is 12.8. The first kappa shape index (κ1) is 20.5. The van der Waals surface area contributed by atoms with Crippen LogP contribution in [0.25, 0.3) is 10.9 Å². The molecule has 0 amide bonds. The molecule has 1 aliphatic heterocycles. The SMILES string of the molecule is Cc1nc2ccccc2c(CCCN2CC3(CCC3)C2)c1CCCCCC1CCC1. The van der Waals surface area contributed by atoms with Crippen molar-refractivity contribution in [1.82, 2.24) is 9.88 Å². The Hall–Kier alpha value is -1.41. The number of aryl methyl sites for hydroxylation is 2. The molecule has 2 nitrogen and oxygen atoms in total. The lowest BCUT2D eigenvalue weighted by Gasteiger charge is -2.56. The molecule has 30 heavy (non-hydrogen) atoms. The number of para-hydroxylation sites is 1. The van der Waals surface area contributed by atoms with Crippen LogP contribution in [-0.4, -0.2) is 29.5 Å². The molecular formula is C28H40N2. The van der Waals surface area contributed by atoms with Crippen LogP contribution in [0.5, 0.6) is 0 Å². The average molecular weight is 405 g/mol. The minimum atomic E-state index is 0.755. The van der Waals surface area contributed by atoms with E-state index in [0.717, 1.165) is 11.3 Å². The summed E-state index contributed by atoms with van der Waals surface area (Å²) in [5, 5.41) is 1.41. The molecule has 0 unspecified atom stereocenters. The number of hydrogen-bond donors (Lipinski definition) is 0. The van der Waals surface area contributed by atoms with Crippen molar-refractivity contribution in [2.75, 3.05) is 19.6 Å². The van der Waals surface area contributed by atoms with Crippen molar-refractivity contribution < 1.29 is 0 Å². The number of hydrogen-bond acceptors (Lipinski definition) is 2. The highest BCUT2D eigenvalue weighted by molar-refractivity contribution is 5.83. The Morgan fingerprint density at radius 2 is 1.73 bits per heavy atom. The van der Waals surface area contributed by atoms with Gasteiger partial charge in [0.25, 0.3) is 0 Å². The molecule has 0 radical (unpaired) electrons. The van der Waals surface area contributed by atoms with E-state index in [1.54, 1.807) is 11.1 Å². The smallest absolute Gasteiger partial charge is 0.0708 e. The molecule has 2 saturated carbocycles. The summed E-state index contributed by atoms with van der Waals surface area (Å²) >= 11 is 0. The number of likely N-dealkylation sites (tertiary alicyclic amines) is 1. The lowest BCUT2D eigenvalue weighted by molar-refractivity contribution is -0.0596. The third-order valence-electron chi connectivity index (χ3n) is 8.52. The third-order valence-corrected chi connectivity index (χ3v) is 8.52. The van der Waals surface area contributed by atoms with Crippen molar-refractivity contribution in [3.05, 3.63) is 41.1 Å². The Bertz CT molecular complexity index is 854. The van der Waals surface area contributed by atoms with Gasteiger partial charge in [-0.15, -0.1) is 0 Å². The second-order valence-corrected chi connectivity index (χ2v) is 10.7. The second-order valence-electron chi connectivity index (χ2n) is 10.7. The average Bonchev–Trinajstić information content (AvgIpc) is 2.64. The van der Waals surface area contributed by atoms with Gasteiger partial charge in [0, 0.05) is 24.2 Å². The van der Waals surface area contributed by atoms with Gasteiger partial charge in [0.2, 0.25) is 0 Å². The van der Waals surface area contributed by atoms with E-state index in [-0.39, 0.29) is 0 Å². The van der Waals surface area contributed by atoms with Crippen LogP contribution in [0, 0.1) is 18.3 Å². The summed E-state index contributed by atoms with van der Waals surface area (Å²) in [7, 11) is 0. The second kappa shape index (κ2) is 8.99. The van der Waals surface area contributed by atoms with E-state index in [1.807, 2.05) is 0 Å². The van der Waals surface area contributed by atoms with Crippen LogP contribution in [0.15, 0.2) is 24.3 Å². The number of rotatable bonds is 10. The molecule has 1 spiro atoms. The molecule has 0 bridgehead atoms. The highest BCUT2D eigenvalue weighted by Gasteiger charge is 2.46. The molecule has 0 N–H and O–H groups in total. The van der Waals surface area contributed by atoms with Crippen molar-refractivity contribution in [2.45, 2.75) is 90.4 Å². The van der Waals surface area contributed by atoms with Crippen LogP contribution < -0.4 is 0 Å². The van der Waals surface area contributed by atoms with Crippen LogP contribution in [0.4, 0.5) is 0 Å². The topological polar surface area (TPSA) is 16.1 Å². The molecule has 1 aromatic carbocycles. The zero-order valence-corrected chi connectivity index (χ0v) is 19.1. The number of fused-ring (bicyclic) bond motifs is 1. The molecule has 1 aromatic heterocycles. The van der Waals surface area contributed by atoms with E-state index in [9.17, 15) is 0 Å². The molecule has 5 rings (SSSR count). The normalized spacial score (nSPS) is 20.8. The number of aromatic nitrogens is 1. The van der Waals surface area contributed by atoms with Gasteiger partial charge in [-0.2, -0.15) is 0 Å². The molecule has 2 heterocycles. The first-order valence-electron chi connectivity index (χ1n) is 12.8. The Morgan fingerprint density at radius 3 is 2.47 bits per heavy atom. The molecule has 2 aliphatic carbocycles. The van der Waals surface area contributed by atoms with Crippen molar-refractivity contribution >= 4 is 10.9 Å². The van der Waals surface area contributed by atoms with Gasteiger partial charge in [-0.3, -0.25) is 4.98 Å². The van der Waals surface area contributed by atoms with Gasteiger partial charge in [-0.1, -0.05) is 63.1 Å². The number of pyridine rings is 1. The van der Waals surface area contributed by atoms with E-state index < -0.39 is 0 Å². The van der Waals surface area contributed by atoms with Gasteiger partial charge in [0.1, 0.15) is 0 Å². The quantitative estimate of drug-likeness (QED) is 0.402. The summed E-state index contributed by atoms with van der Waals surface area (Å²) in [5.74, 6) is 1.06. The van der Waals surface area contributed by atoms with Crippen molar-refractivity contribution in [3.8, 4) is 0 Å². The minimum absolute atomic E-state index is 0.755. The third kappa shape index (κ3) is 4.31. The van der Waals surface area contributed by atoms with Crippen LogP contribution in [0.1, 0.15) is 87.4 Å². The molecule has 162 valence electrons. The monoisotopic (exact) mass is 404 g/mol. The molecular weight excluding hydrogens is 364 g/mol. The van der Waals surface area contributed by atoms with Crippen molar-refractivity contribution in [3.63, 3.8) is 0 Å². The molecule has 2 heteroatoms. The Labute approximate surface area is 183 Å². The van der Waals surface area contributed by atoms with Crippen LogP contribution in [-0.2, 0) is 12.8 Å². The zero-order chi connectivity index (χ0) is 20.4. The molecule has 3 fully saturated rings. The van der Waals surface area contributed by atoms with Gasteiger partial charge < -0.3 is 4.90 Å². The Morgan fingerprint density at radius 1 is 0.933 bits per heavy atom.